The number of pyridine rings is 1. The molecule has 0 amide bonds. The van der Waals surface area contributed by atoms with Gasteiger partial charge in [-0.1, -0.05) is 18.2 Å². The van der Waals surface area contributed by atoms with Gasteiger partial charge in [0.25, 0.3) is 0 Å². The van der Waals surface area contributed by atoms with Crippen molar-refractivity contribution in [3.63, 3.8) is 0 Å². The van der Waals surface area contributed by atoms with Crippen LogP contribution in [-0.4, -0.2) is 35.6 Å². The molecule has 1 aromatic carbocycles. The molecule has 7 nitrogen and oxygen atoms in total. The lowest BCUT2D eigenvalue weighted by Crippen LogP contribution is -2.05. The van der Waals surface area contributed by atoms with E-state index in [0.717, 1.165) is 10.9 Å². The molecule has 124 valence electrons. The Kier molecular flexibility index (Phi) is 3.81. The van der Waals surface area contributed by atoms with Crippen molar-refractivity contribution in [3.8, 4) is 11.5 Å². The Morgan fingerprint density at radius 2 is 1.92 bits per heavy atom. The van der Waals surface area contributed by atoms with Crippen LogP contribution in [0.3, 0.4) is 0 Å². The molecule has 4 aromatic rings. The standard InChI is InChI=1S/C18H15N5O2/c24-16(25)10-5-9-15-20-13-7-2-1-6-12(13)18-21-17(22-23(15)18)14-8-3-4-11-19-14/h1-4,6-8,11H,5,9-10H2,(H,24,25). The van der Waals surface area contributed by atoms with Crippen molar-refractivity contribution in [2.75, 3.05) is 0 Å². The molecule has 0 spiro atoms. The van der Waals surface area contributed by atoms with Gasteiger partial charge < -0.3 is 5.11 Å². The molecule has 0 aliphatic heterocycles. The van der Waals surface area contributed by atoms with Crippen LogP contribution in [0.2, 0.25) is 0 Å². The van der Waals surface area contributed by atoms with Crippen LogP contribution in [0.15, 0.2) is 48.7 Å². The number of para-hydroxylation sites is 1. The maximum Gasteiger partial charge on any atom is 0.303 e. The van der Waals surface area contributed by atoms with E-state index in [9.17, 15) is 4.79 Å². The molecule has 0 bridgehead atoms. The number of carboxylic acids is 1. The summed E-state index contributed by atoms with van der Waals surface area (Å²) in [5, 5.41) is 14.3. The van der Waals surface area contributed by atoms with Gasteiger partial charge >= 0.3 is 5.97 Å². The van der Waals surface area contributed by atoms with E-state index in [1.54, 1.807) is 10.7 Å². The highest BCUT2D eigenvalue weighted by Crippen LogP contribution is 2.22. The van der Waals surface area contributed by atoms with Crippen molar-refractivity contribution in [3.05, 3.63) is 54.5 Å². The zero-order valence-corrected chi connectivity index (χ0v) is 13.3. The zero-order valence-electron chi connectivity index (χ0n) is 13.3. The summed E-state index contributed by atoms with van der Waals surface area (Å²) >= 11 is 0. The van der Waals surface area contributed by atoms with Gasteiger partial charge in [-0.2, -0.15) is 4.52 Å². The Hall–Kier alpha value is -3.35. The molecular formula is C18H15N5O2. The second-order valence-electron chi connectivity index (χ2n) is 5.68. The number of nitrogens with zero attached hydrogens (tertiary/aromatic N) is 5. The Balaban J connectivity index is 1.87. The number of carboxylic acid groups (broad SMARTS) is 1. The third-order valence-corrected chi connectivity index (χ3v) is 3.93. The fourth-order valence-electron chi connectivity index (χ4n) is 2.78. The molecule has 3 aromatic heterocycles. The van der Waals surface area contributed by atoms with Gasteiger partial charge in [-0.25, -0.2) is 9.97 Å². The topological polar surface area (TPSA) is 93.3 Å². The molecular weight excluding hydrogens is 318 g/mol. The van der Waals surface area contributed by atoms with E-state index in [1.165, 1.54) is 0 Å². The quantitative estimate of drug-likeness (QED) is 0.603. The highest BCUT2D eigenvalue weighted by Gasteiger charge is 2.15. The number of aromatic nitrogens is 5. The second kappa shape index (κ2) is 6.27. The Morgan fingerprint density at radius 1 is 1.08 bits per heavy atom. The highest BCUT2D eigenvalue weighted by molar-refractivity contribution is 5.91. The Morgan fingerprint density at radius 3 is 2.72 bits per heavy atom. The lowest BCUT2D eigenvalue weighted by Gasteiger charge is -2.05. The van der Waals surface area contributed by atoms with Crippen molar-refractivity contribution < 1.29 is 9.90 Å². The number of carbonyl (C=O) groups is 1. The van der Waals surface area contributed by atoms with Gasteiger partial charge in [-0.05, 0) is 30.7 Å². The first-order chi connectivity index (χ1) is 12.2. The Labute approximate surface area is 143 Å². The lowest BCUT2D eigenvalue weighted by molar-refractivity contribution is -0.137. The molecule has 0 unspecified atom stereocenters. The number of aryl methyl sites for hydroxylation is 1. The number of aliphatic carboxylic acids is 1. The molecule has 0 aliphatic carbocycles. The van der Waals surface area contributed by atoms with Crippen molar-refractivity contribution in [2.45, 2.75) is 19.3 Å². The van der Waals surface area contributed by atoms with Crippen molar-refractivity contribution in [1.82, 2.24) is 24.6 Å². The molecule has 0 atom stereocenters. The van der Waals surface area contributed by atoms with Gasteiger partial charge in [-0.15, -0.1) is 5.10 Å². The summed E-state index contributed by atoms with van der Waals surface area (Å²) in [5.74, 6) is 0.410. The minimum absolute atomic E-state index is 0.0950. The normalized spacial score (nSPS) is 11.2. The van der Waals surface area contributed by atoms with Crippen LogP contribution in [-0.2, 0) is 11.2 Å². The van der Waals surface area contributed by atoms with Gasteiger partial charge in [0.1, 0.15) is 11.5 Å². The van der Waals surface area contributed by atoms with Crippen LogP contribution < -0.4 is 0 Å². The van der Waals surface area contributed by atoms with Gasteiger partial charge in [0, 0.05) is 24.4 Å². The highest BCUT2D eigenvalue weighted by atomic mass is 16.4. The van der Waals surface area contributed by atoms with Gasteiger partial charge in [0.15, 0.2) is 5.65 Å². The predicted molar refractivity (Wildman–Crippen MR) is 92.1 cm³/mol. The van der Waals surface area contributed by atoms with Crippen LogP contribution in [0.1, 0.15) is 18.7 Å². The van der Waals surface area contributed by atoms with Crippen LogP contribution in [0.4, 0.5) is 0 Å². The fraction of sp³-hybridized carbons (Fsp3) is 0.167. The first-order valence-corrected chi connectivity index (χ1v) is 8.00. The van der Waals surface area contributed by atoms with E-state index in [2.05, 4.69) is 20.1 Å². The smallest absolute Gasteiger partial charge is 0.303 e. The summed E-state index contributed by atoms with van der Waals surface area (Å²) in [6.07, 6.45) is 2.80. The zero-order chi connectivity index (χ0) is 17.2. The monoisotopic (exact) mass is 333 g/mol. The molecule has 4 rings (SSSR count). The summed E-state index contributed by atoms with van der Waals surface area (Å²) in [5.41, 5.74) is 2.21. The van der Waals surface area contributed by atoms with Crippen molar-refractivity contribution in [2.24, 2.45) is 0 Å². The third-order valence-electron chi connectivity index (χ3n) is 3.93. The molecule has 0 saturated carbocycles. The first-order valence-electron chi connectivity index (χ1n) is 8.00. The SMILES string of the molecule is O=C(O)CCCc1nc2ccccc2c2nc(-c3ccccn3)nn12. The Bertz CT molecular complexity index is 1060. The maximum atomic E-state index is 10.8. The number of fused-ring (bicyclic) bond motifs is 3. The van der Waals surface area contributed by atoms with E-state index < -0.39 is 5.97 Å². The van der Waals surface area contributed by atoms with Crippen LogP contribution in [0, 0.1) is 0 Å². The van der Waals surface area contributed by atoms with Crippen LogP contribution >= 0.6 is 0 Å². The number of benzene rings is 1. The van der Waals surface area contributed by atoms with E-state index >= 15 is 0 Å². The van der Waals surface area contributed by atoms with Gasteiger partial charge in [0.05, 0.1) is 5.52 Å². The summed E-state index contributed by atoms with van der Waals surface area (Å²) in [4.78, 5) is 24.4. The average molecular weight is 333 g/mol. The minimum atomic E-state index is -0.815. The number of hydrogen-bond acceptors (Lipinski definition) is 5. The summed E-state index contributed by atoms with van der Waals surface area (Å²) in [6.45, 7) is 0. The van der Waals surface area contributed by atoms with Gasteiger partial charge in [-0.3, -0.25) is 9.78 Å². The fourth-order valence-corrected chi connectivity index (χ4v) is 2.78. The van der Waals surface area contributed by atoms with Crippen LogP contribution in [0.5, 0.6) is 0 Å². The van der Waals surface area contributed by atoms with Crippen LogP contribution in [0.25, 0.3) is 28.1 Å². The van der Waals surface area contributed by atoms with Crippen molar-refractivity contribution in [1.29, 1.82) is 0 Å². The van der Waals surface area contributed by atoms with Crippen molar-refractivity contribution >= 4 is 22.5 Å². The second-order valence-corrected chi connectivity index (χ2v) is 5.68. The van der Waals surface area contributed by atoms with E-state index in [-0.39, 0.29) is 6.42 Å². The third kappa shape index (κ3) is 2.91. The lowest BCUT2D eigenvalue weighted by atomic mass is 10.2. The average Bonchev–Trinajstić information content (AvgIpc) is 3.08. The first kappa shape index (κ1) is 15.2. The molecule has 0 radical (unpaired) electrons. The predicted octanol–water partition coefficient (Wildman–Crippen LogP) is 2.75. The molecule has 0 aliphatic rings. The summed E-state index contributed by atoms with van der Waals surface area (Å²) in [6, 6.07) is 13.3. The van der Waals surface area contributed by atoms with E-state index in [4.69, 9.17) is 5.11 Å². The summed E-state index contributed by atoms with van der Waals surface area (Å²) < 4.78 is 1.70. The maximum absolute atomic E-state index is 10.8. The number of hydrogen-bond donors (Lipinski definition) is 1. The molecule has 0 saturated heterocycles. The molecule has 7 heteroatoms. The molecule has 0 fully saturated rings. The molecule has 1 N–H and O–H groups in total. The molecule has 25 heavy (non-hydrogen) atoms. The number of rotatable bonds is 5. The van der Waals surface area contributed by atoms with E-state index in [0.29, 0.717) is 35.8 Å². The molecule has 3 heterocycles. The summed E-state index contributed by atoms with van der Waals surface area (Å²) in [7, 11) is 0. The largest absolute Gasteiger partial charge is 0.481 e. The van der Waals surface area contributed by atoms with E-state index in [1.807, 2.05) is 42.5 Å². The minimum Gasteiger partial charge on any atom is -0.481 e. The van der Waals surface area contributed by atoms with Gasteiger partial charge in [0.2, 0.25) is 5.82 Å².